The number of nitro benzene ring substituents is 1. The summed E-state index contributed by atoms with van der Waals surface area (Å²) in [6.45, 7) is 1.50. The fourth-order valence-corrected chi connectivity index (χ4v) is 3.72. The summed E-state index contributed by atoms with van der Waals surface area (Å²) in [7, 11) is 0. The predicted molar refractivity (Wildman–Crippen MR) is 106 cm³/mol. The molecule has 0 aliphatic heterocycles. The number of benzene rings is 2. The molecule has 8 nitrogen and oxygen atoms in total. The first-order chi connectivity index (χ1) is 15.1. The van der Waals surface area contributed by atoms with Gasteiger partial charge in [-0.15, -0.1) is 10.2 Å². The van der Waals surface area contributed by atoms with Gasteiger partial charge in [0.05, 0.1) is 21.1 Å². The molecule has 0 unspecified atom stereocenters. The van der Waals surface area contributed by atoms with E-state index in [9.17, 15) is 32.5 Å². The van der Waals surface area contributed by atoms with Crippen LogP contribution in [0.4, 0.5) is 23.2 Å². The van der Waals surface area contributed by atoms with Gasteiger partial charge in [0.2, 0.25) is 11.1 Å². The van der Waals surface area contributed by atoms with Crippen LogP contribution in [-0.2, 0) is 17.4 Å². The van der Waals surface area contributed by atoms with E-state index in [1.807, 2.05) is 0 Å². The van der Waals surface area contributed by atoms with E-state index in [1.54, 1.807) is 6.07 Å². The zero-order chi connectivity index (χ0) is 23.5. The van der Waals surface area contributed by atoms with Crippen molar-refractivity contribution in [2.24, 2.45) is 0 Å². The van der Waals surface area contributed by atoms with Gasteiger partial charge in [-0.05, 0) is 36.0 Å². The highest BCUT2D eigenvalue weighted by Gasteiger charge is 2.33. The summed E-state index contributed by atoms with van der Waals surface area (Å²) >= 11 is 0.679. The van der Waals surface area contributed by atoms with Crippen molar-refractivity contribution < 1.29 is 27.3 Å². The molecular weight excluding hydrogens is 454 g/mol. The van der Waals surface area contributed by atoms with Gasteiger partial charge in [0.1, 0.15) is 11.6 Å². The summed E-state index contributed by atoms with van der Waals surface area (Å²) in [5.41, 5.74) is -1.89. The number of carbonyl (C=O) groups excluding carboxylic acids is 1. The molecule has 2 aromatic carbocycles. The maximum absolute atomic E-state index is 14.5. The van der Waals surface area contributed by atoms with Gasteiger partial charge < -0.3 is 5.32 Å². The Morgan fingerprint density at radius 1 is 1.22 bits per heavy atom. The van der Waals surface area contributed by atoms with Crippen LogP contribution in [0.1, 0.15) is 18.3 Å². The first-order valence-electron chi connectivity index (χ1n) is 9.05. The number of para-hydroxylation sites is 1. The Bertz CT molecular complexity index is 1170. The van der Waals surface area contributed by atoms with E-state index in [2.05, 4.69) is 15.5 Å². The Kier molecular flexibility index (Phi) is 6.77. The quantitative estimate of drug-likeness (QED) is 0.317. The molecule has 0 spiro atoms. The summed E-state index contributed by atoms with van der Waals surface area (Å²) in [4.78, 5) is 21.5. The second-order valence-corrected chi connectivity index (χ2v) is 7.47. The van der Waals surface area contributed by atoms with Crippen molar-refractivity contribution in [1.29, 1.82) is 0 Å². The van der Waals surface area contributed by atoms with Gasteiger partial charge in [0, 0.05) is 26.0 Å². The highest BCUT2D eigenvalue weighted by atomic mass is 32.2. The van der Waals surface area contributed by atoms with Gasteiger partial charge in [0.25, 0.3) is 5.69 Å². The van der Waals surface area contributed by atoms with E-state index < -0.39 is 28.2 Å². The fraction of sp³-hybridized carbons (Fsp3) is 0.211. The Hall–Kier alpha value is -3.48. The van der Waals surface area contributed by atoms with Crippen molar-refractivity contribution in [3.8, 4) is 5.69 Å². The van der Waals surface area contributed by atoms with Gasteiger partial charge in [-0.25, -0.2) is 4.39 Å². The summed E-state index contributed by atoms with van der Waals surface area (Å²) < 4.78 is 54.7. The summed E-state index contributed by atoms with van der Waals surface area (Å²) in [5.74, 6) is -0.658. The number of carbonyl (C=O) groups is 1. The maximum Gasteiger partial charge on any atom is 0.416 e. The second-order valence-electron chi connectivity index (χ2n) is 6.46. The molecule has 0 atom stereocenters. The van der Waals surface area contributed by atoms with Gasteiger partial charge >= 0.3 is 6.18 Å². The average Bonchev–Trinajstić information content (AvgIpc) is 3.09. The number of halogens is 4. The third-order valence-electron chi connectivity index (χ3n) is 4.20. The van der Waals surface area contributed by atoms with Crippen molar-refractivity contribution in [3.05, 3.63) is 69.8 Å². The third kappa shape index (κ3) is 5.22. The van der Waals surface area contributed by atoms with Crippen LogP contribution in [0.3, 0.4) is 0 Å². The molecule has 1 aromatic heterocycles. The summed E-state index contributed by atoms with van der Waals surface area (Å²) in [6.07, 6.45) is -4.59. The Morgan fingerprint density at radius 2 is 1.94 bits per heavy atom. The van der Waals surface area contributed by atoms with Crippen molar-refractivity contribution in [2.75, 3.05) is 6.54 Å². The zero-order valence-corrected chi connectivity index (χ0v) is 17.2. The van der Waals surface area contributed by atoms with Crippen LogP contribution in [0.25, 0.3) is 5.69 Å². The molecule has 32 heavy (non-hydrogen) atoms. The van der Waals surface area contributed by atoms with Gasteiger partial charge in [-0.3, -0.25) is 19.5 Å². The first kappa shape index (κ1) is 23.2. The SMILES string of the molecule is CC(=O)NCCc1nnc(Sc2ccc(C(F)(F)F)cc2[N+](=O)[O-])n1-c1ccccc1F. The molecule has 168 valence electrons. The molecule has 3 aromatic rings. The van der Waals surface area contributed by atoms with Crippen molar-refractivity contribution in [2.45, 2.75) is 29.6 Å². The van der Waals surface area contributed by atoms with E-state index in [1.165, 1.54) is 29.7 Å². The minimum Gasteiger partial charge on any atom is -0.356 e. The molecule has 0 saturated heterocycles. The Labute approximate surface area is 182 Å². The normalized spacial score (nSPS) is 11.4. The lowest BCUT2D eigenvalue weighted by molar-refractivity contribution is -0.388. The first-order valence-corrected chi connectivity index (χ1v) is 9.86. The molecule has 0 bridgehead atoms. The van der Waals surface area contributed by atoms with Crippen LogP contribution in [-0.4, -0.2) is 32.1 Å². The number of nitro groups is 1. The van der Waals surface area contributed by atoms with Crippen LogP contribution in [0.2, 0.25) is 0 Å². The molecule has 0 aliphatic carbocycles. The third-order valence-corrected chi connectivity index (χ3v) is 5.21. The number of nitrogens with one attached hydrogen (secondary N) is 1. The molecule has 0 saturated carbocycles. The average molecular weight is 469 g/mol. The second kappa shape index (κ2) is 9.34. The Balaban J connectivity index is 2.05. The van der Waals surface area contributed by atoms with E-state index in [0.717, 1.165) is 12.1 Å². The topological polar surface area (TPSA) is 103 Å². The lowest BCUT2D eigenvalue weighted by atomic mass is 10.2. The molecule has 1 N–H and O–H groups in total. The maximum atomic E-state index is 14.5. The number of amides is 1. The summed E-state index contributed by atoms with van der Waals surface area (Å²) in [5, 5.41) is 21.9. The van der Waals surface area contributed by atoms with E-state index in [0.29, 0.717) is 17.8 Å². The highest BCUT2D eigenvalue weighted by Crippen LogP contribution is 2.39. The zero-order valence-electron chi connectivity index (χ0n) is 16.4. The lowest BCUT2D eigenvalue weighted by Gasteiger charge is -2.12. The number of nitrogens with zero attached hydrogens (tertiary/aromatic N) is 4. The smallest absolute Gasteiger partial charge is 0.356 e. The molecule has 0 radical (unpaired) electrons. The lowest BCUT2D eigenvalue weighted by Crippen LogP contribution is -2.23. The molecule has 1 amide bonds. The van der Waals surface area contributed by atoms with Crippen molar-refractivity contribution >= 4 is 23.4 Å². The highest BCUT2D eigenvalue weighted by molar-refractivity contribution is 7.99. The van der Waals surface area contributed by atoms with Crippen molar-refractivity contribution in [1.82, 2.24) is 20.1 Å². The van der Waals surface area contributed by atoms with E-state index >= 15 is 0 Å². The molecule has 13 heteroatoms. The van der Waals surface area contributed by atoms with Gasteiger partial charge in [-0.1, -0.05) is 12.1 Å². The largest absolute Gasteiger partial charge is 0.416 e. The minimum absolute atomic E-state index is 0.00998. The molecule has 0 fully saturated rings. The van der Waals surface area contributed by atoms with E-state index in [4.69, 9.17) is 0 Å². The van der Waals surface area contributed by atoms with Gasteiger partial charge in [0.15, 0.2) is 0 Å². The number of alkyl halides is 3. The predicted octanol–water partition coefficient (Wildman–Crippen LogP) is 4.16. The minimum atomic E-state index is -4.75. The standard InChI is InChI=1S/C19H15F4N5O3S/c1-11(29)24-9-8-17-25-26-18(27(17)14-5-3-2-4-13(14)20)32-16-7-6-12(19(21,22)23)10-15(16)28(30)31/h2-7,10H,8-9H2,1H3,(H,24,29). The number of rotatable bonds is 7. The van der Waals surface area contributed by atoms with Crippen LogP contribution >= 0.6 is 11.8 Å². The number of aromatic nitrogens is 3. The van der Waals surface area contributed by atoms with Crippen LogP contribution in [0, 0.1) is 15.9 Å². The molecule has 1 heterocycles. The van der Waals surface area contributed by atoms with Gasteiger partial charge in [-0.2, -0.15) is 13.2 Å². The van der Waals surface area contributed by atoms with Crippen LogP contribution < -0.4 is 5.32 Å². The van der Waals surface area contributed by atoms with Crippen LogP contribution in [0.15, 0.2) is 52.5 Å². The molecule has 0 aliphatic rings. The summed E-state index contributed by atoms with van der Waals surface area (Å²) in [6, 6.07) is 7.77. The fourth-order valence-electron chi connectivity index (χ4n) is 2.77. The van der Waals surface area contributed by atoms with E-state index in [-0.39, 0.29) is 40.4 Å². The molecule has 3 rings (SSSR count). The van der Waals surface area contributed by atoms with Crippen molar-refractivity contribution in [3.63, 3.8) is 0 Å². The molecular formula is C19H15F4N5O3S. The number of hydrogen-bond donors (Lipinski definition) is 1. The van der Waals surface area contributed by atoms with Crippen LogP contribution in [0.5, 0.6) is 0 Å². The monoisotopic (exact) mass is 469 g/mol. The number of hydrogen-bond acceptors (Lipinski definition) is 6. The Morgan fingerprint density at radius 3 is 2.56 bits per heavy atom.